The summed E-state index contributed by atoms with van der Waals surface area (Å²) in [5.74, 6) is 1.59. The number of halogens is 1. The van der Waals surface area contributed by atoms with E-state index in [0.717, 1.165) is 28.4 Å². The Morgan fingerprint density at radius 2 is 2.07 bits per heavy atom. The summed E-state index contributed by atoms with van der Waals surface area (Å²) < 4.78 is 5.85. The number of pyridine rings is 1. The number of thiazole rings is 1. The van der Waals surface area contributed by atoms with E-state index >= 15 is 0 Å². The fourth-order valence-corrected chi connectivity index (χ4v) is 4.22. The molecule has 6 nitrogen and oxygen atoms in total. The van der Waals surface area contributed by atoms with Crippen molar-refractivity contribution in [3.63, 3.8) is 0 Å². The van der Waals surface area contributed by atoms with E-state index in [1.807, 2.05) is 39.1 Å². The minimum Gasteiger partial charge on any atom is -0.463 e. The van der Waals surface area contributed by atoms with Crippen molar-refractivity contribution < 1.29 is 4.74 Å². The van der Waals surface area contributed by atoms with Crippen LogP contribution in [0, 0.1) is 26.7 Å². The van der Waals surface area contributed by atoms with Crippen LogP contribution >= 0.6 is 22.9 Å². The molecule has 4 rings (SSSR count). The third kappa shape index (κ3) is 4.25. The fraction of sp³-hybridized carbons (Fsp3) is 0.400. The van der Waals surface area contributed by atoms with Gasteiger partial charge >= 0.3 is 6.01 Å². The van der Waals surface area contributed by atoms with E-state index in [2.05, 4.69) is 31.3 Å². The molecule has 3 heterocycles. The summed E-state index contributed by atoms with van der Waals surface area (Å²) in [5.41, 5.74) is 2.97. The SMILES string of the molecule is Cc1nc(C)c(CNc2nc(OC[C@H]3C[C@@H]3c3ccccn3)nc(Cl)c2C)s1. The largest absolute Gasteiger partial charge is 0.463 e. The molecule has 146 valence electrons. The van der Waals surface area contributed by atoms with Crippen LogP contribution in [0.5, 0.6) is 6.01 Å². The average Bonchev–Trinajstić information content (AvgIpc) is 3.39. The second-order valence-electron chi connectivity index (χ2n) is 7.03. The van der Waals surface area contributed by atoms with E-state index in [1.165, 1.54) is 4.88 Å². The van der Waals surface area contributed by atoms with Crippen molar-refractivity contribution in [2.75, 3.05) is 11.9 Å². The second-order valence-corrected chi connectivity index (χ2v) is 8.68. The van der Waals surface area contributed by atoms with Gasteiger partial charge in [-0.1, -0.05) is 17.7 Å². The Bertz CT molecular complexity index is 978. The Labute approximate surface area is 173 Å². The van der Waals surface area contributed by atoms with Crippen LogP contribution < -0.4 is 10.1 Å². The highest BCUT2D eigenvalue weighted by molar-refractivity contribution is 7.11. The quantitative estimate of drug-likeness (QED) is 0.564. The van der Waals surface area contributed by atoms with Crippen molar-refractivity contribution in [3.05, 3.63) is 56.4 Å². The van der Waals surface area contributed by atoms with Gasteiger partial charge in [-0.05, 0) is 39.3 Å². The molecular weight excluding hydrogens is 394 g/mol. The third-order valence-electron chi connectivity index (χ3n) is 4.90. The Morgan fingerprint density at radius 3 is 2.79 bits per heavy atom. The van der Waals surface area contributed by atoms with Crippen LogP contribution in [-0.2, 0) is 6.54 Å². The molecule has 0 aromatic carbocycles. The Morgan fingerprint density at radius 1 is 1.21 bits per heavy atom. The molecule has 1 N–H and O–H groups in total. The highest BCUT2D eigenvalue weighted by Gasteiger charge is 2.40. The lowest BCUT2D eigenvalue weighted by Crippen LogP contribution is -2.09. The molecule has 1 saturated carbocycles. The van der Waals surface area contributed by atoms with Gasteiger partial charge in [-0.2, -0.15) is 9.97 Å². The van der Waals surface area contributed by atoms with Gasteiger partial charge in [-0.15, -0.1) is 11.3 Å². The Kier molecular flexibility index (Phi) is 5.46. The van der Waals surface area contributed by atoms with Crippen molar-refractivity contribution in [3.8, 4) is 6.01 Å². The second kappa shape index (κ2) is 8.01. The van der Waals surface area contributed by atoms with Crippen LogP contribution in [0.25, 0.3) is 0 Å². The minimum absolute atomic E-state index is 0.307. The summed E-state index contributed by atoms with van der Waals surface area (Å²) in [6.07, 6.45) is 2.91. The third-order valence-corrected chi connectivity index (χ3v) is 6.34. The standard InChI is InChI=1S/C20H22ClN5OS/c1-11-18(21)25-20(26-19(11)23-9-17-12(2)24-13(3)28-17)27-10-14-8-15(14)16-6-4-5-7-22-16/h4-7,14-15H,8-10H2,1-3H3,(H,23,25,26)/t14-,15+/m1/s1. The molecule has 8 heteroatoms. The molecule has 3 aromatic rings. The normalized spacial score (nSPS) is 18.1. The first-order valence-corrected chi connectivity index (χ1v) is 10.5. The maximum absolute atomic E-state index is 6.30. The smallest absolute Gasteiger partial charge is 0.319 e. The predicted octanol–water partition coefficient (Wildman–Crippen LogP) is 4.70. The van der Waals surface area contributed by atoms with E-state index in [9.17, 15) is 0 Å². The van der Waals surface area contributed by atoms with Crippen molar-refractivity contribution in [1.82, 2.24) is 19.9 Å². The van der Waals surface area contributed by atoms with Crippen molar-refractivity contribution in [2.45, 2.75) is 39.7 Å². The molecule has 0 amide bonds. The molecule has 0 radical (unpaired) electrons. The van der Waals surface area contributed by atoms with E-state index in [0.29, 0.717) is 42.0 Å². The summed E-state index contributed by atoms with van der Waals surface area (Å²) in [7, 11) is 0. The van der Waals surface area contributed by atoms with E-state index in [1.54, 1.807) is 11.3 Å². The van der Waals surface area contributed by atoms with Gasteiger partial charge in [0.2, 0.25) is 0 Å². The fourth-order valence-electron chi connectivity index (χ4n) is 3.18. The number of hydrogen-bond donors (Lipinski definition) is 1. The number of rotatable bonds is 7. The van der Waals surface area contributed by atoms with Gasteiger partial charge in [0.1, 0.15) is 11.0 Å². The first kappa shape index (κ1) is 19.1. The van der Waals surface area contributed by atoms with Crippen LogP contribution in [0.3, 0.4) is 0 Å². The van der Waals surface area contributed by atoms with Gasteiger partial charge < -0.3 is 10.1 Å². The molecule has 1 aliphatic rings. The monoisotopic (exact) mass is 415 g/mol. The van der Waals surface area contributed by atoms with Gasteiger partial charge in [-0.3, -0.25) is 4.98 Å². The number of ether oxygens (including phenoxy) is 1. The van der Waals surface area contributed by atoms with Gasteiger partial charge in [-0.25, -0.2) is 4.98 Å². The van der Waals surface area contributed by atoms with Gasteiger partial charge in [0, 0.05) is 34.2 Å². The topological polar surface area (TPSA) is 72.8 Å². The number of nitrogens with zero attached hydrogens (tertiary/aromatic N) is 4. The maximum atomic E-state index is 6.30. The Hall–Kier alpha value is -2.25. The van der Waals surface area contributed by atoms with E-state index in [4.69, 9.17) is 16.3 Å². The molecule has 1 fully saturated rings. The van der Waals surface area contributed by atoms with Crippen LogP contribution in [0.15, 0.2) is 24.4 Å². The van der Waals surface area contributed by atoms with Gasteiger partial charge in [0.05, 0.1) is 23.9 Å². The molecule has 3 aromatic heterocycles. The number of aromatic nitrogens is 4. The molecule has 2 atom stereocenters. The van der Waals surface area contributed by atoms with E-state index < -0.39 is 0 Å². The van der Waals surface area contributed by atoms with Crippen LogP contribution in [0.4, 0.5) is 5.82 Å². The summed E-state index contributed by atoms with van der Waals surface area (Å²) in [6.45, 7) is 7.14. The number of anilines is 1. The van der Waals surface area contributed by atoms with Crippen LogP contribution in [0.1, 0.15) is 39.2 Å². The number of aryl methyl sites for hydroxylation is 2. The average molecular weight is 416 g/mol. The molecule has 0 spiro atoms. The van der Waals surface area contributed by atoms with Crippen molar-refractivity contribution in [1.29, 1.82) is 0 Å². The highest BCUT2D eigenvalue weighted by Crippen LogP contribution is 2.46. The van der Waals surface area contributed by atoms with Gasteiger partial charge in [0.15, 0.2) is 0 Å². The zero-order valence-corrected chi connectivity index (χ0v) is 17.6. The van der Waals surface area contributed by atoms with E-state index in [-0.39, 0.29) is 0 Å². The summed E-state index contributed by atoms with van der Waals surface area (Å²) >= 11 is 7.98. The summed E-state index contributed by atoms with van der Waals surface area (Å²) in [6, 6.07) is 6.33. The molecule has 28 heavy (non-hydrogen) atoms. The predicted molar refractivity (Wildman–Crippen MR) is 111 cm³/mol. The van der Waals surface area contributed by atoms with Crippen LogP contribution in [-0.4, -0.2) is 26.5 Å². The molecular formula is C20H22ClN5OS. The highest BCUT2D eigenvalue weighted by atomic mass is 35.5. The molecule has 0 aliphatic heterocycles. The lowest BCUT2D eigenvalue weighted by atomic mass is 10.2. The first-order chi connectivity index (χ1) is 13.5. The zero-order valence-electron chi connectivity index (χ0n) is 16.1. The number of hydrogen-bond acceptors (Lipinski definition) is 7. The molecule has 1 aliphatic carbocycles. The lowest BCUT2D eigenvalue weighted by Gasteiger charge is -2.11. The Balaban J connectivity index is 1.39. The van der Waals surface area contributed by atoms with Gasteiger partial charge in [0.25, 0.3) is 0 Å². The maximum Gasteiger partial charge on any atom is 0.319 e. The molecule has 0 unspecified atom stereocenters. The zero-order chi connectivity index (χ0) is 19.7. The molecule has 0 saturated heterocycles. The first-order valence-electron chi connectivity index (χ1n) is 9.26. The van der Waals surface area contributed by atoms with Crippen molar-refractivity contribution in [2.24, 2.45) is 5.92 Å². The van der Waals surface area contributed by atoms with Crippen molar-refractivity contribution >= 4 is 28.8 Å². The summed E-state index contributed by atoms with van der Waals surface area (Å²) in [4.78, 5) is 18.9. The number of nitrogens with one attached hydrogen (secondary N) is 1. The van der Waals surface area contributed by atoms with Crippen LogP contribution in [0.2, 0.25) is 5.15 Å². The molecule has 0 bridgehead atoms. The minimum atomic E-state index is 0.307. The summed E-state index contributed by atoms with van der Waals surface area (Å²) in [5, 5.41) is 4.81. The lowest BCUT2D eigenvalue weighted by molar-refractivity contribution is 0.274.